The molecule has 0 saturated carbocycles. The van der Waals surface area contributed by atoms with Gasteiger partial charge in [-0.1, -0.05) is 6.92 Å². The smallest absolute Gasteiger partial charge is 0.353 e. The van der Waals surface area contributed by atoms with Gasteiger partial charge in [0.05, 0.1) is 11.9 Å². The van der Waals surface area contributed by atoms with Crippen molar-refractivity contribution in [3.8, 4) is 0 Å². The average Bonchev–Trinajstić information content (AvgIpc) is 3.05. The van der Waals surface area contributed by atoms with Gasteiger partial charge in [-0.25, -0.2) is 19.3 Å². The molecule has 0 spiro atoms. The highest BCUT2D eigenvalue weighted by molar-refractivity contribution is 5.42. The number of aromatic amines is 1. The molecule has 2 aromatic rings. The lowest BCUT2D eigenvalue weighted by Gasteiger charge is -2.33. The number of hydrogen-bond acceptors (Lipinski definition) is 4. The fourth-order valence-electron chi connectivity index (χ4n) is 2.94. The molecule has 1 atom stereocenters. The molecule has 2 aromatic heterocycles. The average molecular weight is 343 g/mol. The molecule has 3 rings (SSSR count). The maximum Gasteiger partial charge on any atom is 0.432 e. The van der Waals surface area contributed by atoms with Crippen molar-refractivity contribution in [3.63, 3.8) is 0 Å². The van der Waals surface area contributed by atoms with Crippen LogP contribution in [-0.2, 0) is 12.6 Å². The van der Waals surface area contributed by atoms with Crippen molar-refractivity contribution in [2.75, 3.05) is 18.0 Å². The monoisotopic (exact) mass is 343 g/mol. The van der Waals surface area contributed by atoms with Crippen LogP contribution < -0.4 is 4.90 Å². The Kier molecular flexibility index (Phi) is 4.42. The number of anilines is 1. The van der Waals surface area contributed by atoms with E-state index in [1.165, 1.54) is 6.33 Å². The van der Waals surface area contributed by atoms with E-state index >= 15 is 0 Å². The number of hydrogen-bond donors (Lipinski definition) is 1. The second kappa shape index (κ2) is 6.37. The Bertz CT molecular complexity index is 712. The normalized spacial score (nSPS) is 18.9. The molecule has 1 saturated heterocycles. The number of aromatic nitrogens is 4. The number of imidazole rings is 1. The first kappa shape index (κ1) is 16.7. The lowest BCUT2D eigenvalue weighted by molar-refractivity contribution is -0.141. The largest absolute Gasteiger partial charge is 0.432 e. The highest BCUT2D eigenvalue weighted by Gasteiger charge is 2.34. The molecule has 0 radical (unpaired) electrons. The lowest BCUT2D eigenvalue weighted by atomic mass is 9.97. The molecule has 0 aromatic carbocycles. The molecular formula is C15H17F4N5. The van der Waals surface area contributed by atoms with Crippen molar-refractivity contribution in [1.29, 1.82) is 0 Å². The first-order valence-electron chi connectivity index (χ1n) is 7.76. The van der Waals surface area contributed by atoms with E-state index in [0.29, 0.717) is 31.6 Å². The van der Waals surface area contributed by atoms with E-state index in [0.717, 1.165) is 12.6 Å². The molecule has 0 aliphatic carbocycles. The highest BCUT2D eigenvalue weighted by Crippen LogP contribution is 2.32. The van der Waals surface area contributed by atoms with Gasteiger partial charge in [-0.05, 0) is 19.3 Å². The van der Waals surface area contributed by atoms with E-state index in [-0.39, 0.29) is 17.6 Å². The van der Waals surface area contributed by atoms with Crippen molar-refractivity contribution in [1.82, 2.24) is 19.9 Å². The van der Waals surface area contributed by atoms with Crippen LogP contribution in [0.15, 0.2) is 12.5 Å². The van der Waals surface area contributed by atoms with Crippen molar-refractivity contribution in [2.24, 2.45) is 0 Å². The first-order valence-corrected chi connectivity index (χ1v) is 7.76. The Morgan fingerprint density at radius 3 is 2.75 bits per heavy atom. The zero-order valence-corrected chi connectivity index (χ0v) is 13.1. The number of H-pyrrole nitrogens is 1. The summed E-state index contributed by atoms with van der Waals surface area (Å²) >= 11 is 0. The summed E-state index contributed by atoms with van der Waals surface area (Å²) in [6.45, 7) is 2.76. The van der Waals surface area contributed by atoms with Gasteiger partial charge in [-0.15, -0.1) is 0 Å². The summed E-state index contributed by atoms with van der Waals surface area (Å²) in [6.07, 6.45) is -0.476. The van der Waals surface area contributed by atoms with Gasteiger partial charge in [0.1, 0.15) is 17.8 Å². The molecule has 0 unspecified atom stereocenters. The first-order chi connectivity index (χ1) is 11.4. The van der Waals surface area contributed by atoms with Gasteiger partial charge < -0.3 is 9.88 Å². The Morgan fingerprint density at radius 2 is 2.08 bits per heavy atom. The Balaban J connectivity index is 1.81. The van der Waals surface area contributed by atoms with E-state index in [4.69, 9.17) is 0 Å². The quantitative estimate of drug-likeness (QED) is 0.869. The molecule has 130 valence electrons. The molecule has 9 heteroatoms. The van der Waals surface area contributed by atoms with Crippen LogP contribution in [0.3, 0.4) is 0 Å². The summed E-state index contributed by atoms with van der Waals surface area (Å²) in [6, 6.07) is 0. The number of nitrogens with one attached hydrogen (secondary N) is 1. The van der Waals surface area contributed by atoms with Crippen LogP contribution in [0, 0.1) is 5.82 Å². The molecule has 1 fully saturated rings. The predicted molar refractivity (Wildman–Crippen MR) is 79.1 cm³/mol. The van der Waals surface area contributed by atoms with Crippen LogP contribution in [0.25, 0.3) is 0 Å². The van der Waals surface area contributed by atoms with Crippen LogP contribution in [0.4, 0.5) is 23.4 Å². The van der Waals surface area contributed by atoms with Crippen LogP contribution in [-0.4, -0.2) is 33.0 Å². The fraction of sp³-hybridized carbons (Fsp3) is 0.533. The van der Waals surface area contributed by atoms with Gasteiger partial charge in [-0.3, -0.25) is 0 Å². The molecule has 1 aliphatic heterocycles. The molecule has 24 heavy (non-hydrogen) atoms. The van der Waals surface area contributed by atoms with Crippen molar-refractivity contribution < 1.29 is 17.6 Å². The van der Waals surface area contributed by atoms with Gasteiger partial charge in [0, 0.05) is 19.0 Å². The molecule has 3 heterocycles. The predicted octanol–water partition coefficient (Wildman–Crippen LogP) is 3.30. The second-order valence-corrected chi connectivity index (χ2v) is 5.78. The fourth-order valence-corrected chi connectivity index (χ4v) is 2.94. The minimum absolute atomic E-state index is 0.203. The van der Waals surface area contributed by atoms with E-state index in [1.54, 1.807) is 11.8 Å². The molecule has 1 N–H and O–H groups in total. The van der Waals surface area contributed by atoms with Crippen molar-refractivity contribution in [3.05, 3.63) is 35.6 Å². The second-order valence-electron chi connectivity index (χ2n) is 5.78. The third-order valence-corrected chi connectivity index (χ3v) is 4.19. The number of halogens is 4. The summed E-state index contributed by atoms with van der Waals surface area (Å²) < 4.78 is 52.5. The minimum atomic E-state index is -4.45. The zero-order chi connectivity index (χ0) is 17.3. The highest BCUT2D eigenvalue weighted by atomic mass is 19.4. The molecule has 1 aliphatic rings. The van der Waals surface area contributed by atoms with E-state index in [2.05, 4.69) is 19.9 Å². The van der Waals surface area contributed by atoms with Crippen LogP contribution in [0.2, 0.25) is 0 Å². The van der Waals surface area contributed by atoms with Gasteiger partial charge in [0.25, 0.3) is 0 Å². The molecular weight excluding hydrogens is 326 g/mol. The van der Waals surface area contributed by atoms with Crippen LogP contribution >= 0.6 is 0 Å². The topological polar surface area (TPSA) is 57.7 Å². The summed E-state index contributed by atoms with van der Waals surface area (Å²) in [7, 11) is 0. The molecule has 0 bridgehead atoms. The number of alkyl halides is 3. The SMILES string of the molecule is CCc1ncnc(N2CCC[C@@H](c3ncc(C(F)(F)F)[nH]3)C2)c1F. The van der Waals surface area contributed by atoms with Gasteiger partial charge in [0.2, 0.25) is 0 Å². The third-order valence-electron chi connectivity index (χ3n) is 4.19. The Morgan fingerprint density at radius 1 is 1.29 bits per heavy atom. The van der Waals surface area contributed by atoms with Crippen molar-refractivity contribution in [2.45, 2.75) is 38.3 Å². The maximum atomic E-state index is 14.4. The molecule has 5 nitrogen and oxygen atoms in total. The Labute approximate surface area is 136 Å². The molecule has 0 amide bonds. The summed E-state index contributed by atoms with van der Waals surface area (Å²) in [5.41, 5.74) is -0.532. The standard InChI is InChI=1S/C15H17F4N5/c1-2-10-12(16)14(22-8-21-10)24-5-3-4-9(7-24)13-20-6-11(23-13)15(17,18)19/h6,8-9H,2-5,7H2,1H3,(H,20,23)/t9-/m1/s1. The lowest BCUT2D eigenvalue weighted by Crippen LogP contribution is -2.36. The summed E-state index contributed by atoms with van der Waals surface area (Å²) in [5.74, 6) is -0.211. The zero-order valence-electron chi connectivity index (χ0n) is 13.1. The Hall–Kier alpha value is -2.19. The number of piperidine rings is 1. The van der Waals surface area contributed by atoms with E-state index in [1.807, 2.05) is 0 Å². The van der Waals surface area contributed by atoms with Crippen LogP contribution in [0.5, 0.6) is 0 Å². The van der Waals surface area contributed by atoms with Crippen molar-refractivity contribution >= 4 is 5.82 Å². The minimum Gasteiger partial charge on any atom is -0.353 e. The number of nitrogens with zero attached hydrogens (tertiary/aromatic N) is 4. The van der Waals surface area contributed by atoms with Crippen LogP contribution in [0.1, 0.15) is 42.9 Å². The maximum absolute atomic E-state index is 14.4. The summed E-state index contributed by atoms with van der Waals surface area (Å²) in [4.78, 5) is 15.9. The van der Waals surface area contributed by atoms with Gasteiger partial charge in [0.15, 0.2) is 11.6 Å². The third kappa shape index (κ3) is 3.20. The number of rotatable bonds is 3. The number of aryl methyl sites for hydroxylation is 1. The summed E-state index contributed by atoms with van der Waals surface area (Å²) in [5, 5.41) is 0. The van der Waals surface area contributed by atoms with E-state index in [9.17, 15) is 17.6 Å². The van der Waals surface area contributed by atoms with E-state index < -0.39 is 17.7 Å². The van der Waals surface area contributed by atoms with Gasteiger partial charge >= 0.3 is 6.18 Å². The van der Waals surface area contributed by atoms with Gasteiger partial charge in [-0.2, -0.15) is 13.2 Å².